The first-order valence-corrected chi connectivity index (χ1v) is 7.14. The number of carboxylic acid groups (broad SMARTS) is 1. The van der Waals surface area contributed by atoms with E-state index < -0.39 is 5.97 Å². The van der Waals surface area contributed by atoms with Crippen molar-refractivity contribution in [2.45, 2.75) is 13.3 Å². The van der Waals surface area contributed by atoms with Gasteiger partial charge in [0.25, 0.3) is 0 Å². The molecular formula is C17H13ClN2O2. The maximum atomic E-state index is 11.2. The molecule has 1 aromatic carbocycles. The van der Waals surface area contributed by atoms with Gasteiger partial charge in [0, 0.05) is 29.9 Å². The molecule has 2 aromatic heterocycles. The molecule has 0 atom stereocenters. The minimum Gasteiger partial charge on any atom is -0.478 e. The molecule has 0 unspecified atom stereocenters. The van der Waals surface area contributed by atoms with Gasteiger partial charge in [-0.1, -0.05) is 17.7 Å². The largest absolute Gasteiger partial charge is 0.478 e. The van der Waals surface area contributed by atoms with Gasteiger partial charge in [0.05, 0.1) is 16.1 Å². The second-order valence-electron chi connectivity index (χ2n) is 5.09. The van der Waals surface area contributed by atoms with Crippen molar-refractivity contribution in [3.05, 3.63) is 70.1 Å². The molecule has 5 heteroatoms. The van der Waals surface area contributed by atoms with E-state index in [1.165, 1.54) is 12.3 Å². The fourth-order valence-electron chi connectivity index (χ4n) is 2.45. The molecular weight excluding hydrogens is 300 g/mol. The van der Waals surface area contributed by atoms with E-state index in [9.17, 15) is 9.90 Å². The van der Waals surface area contributed by atoms with Crippen LogP contribution >= 0.6 is 11.6 Å². The predicted octanol–water partition coefficient (Wildman–Crippen LogP) is 3.88. The highest BCUT2D eigenvalue weighted by molar-refractivity contribution is 6.31. The molecule has 0 fully saturated rings. The maximum absolute atomic E-state index is 11.2. The van der Waals surface area contributed by atoms with Crippen molar-refractivity contribution in [1.82, 2.24) is 9.97 Å². The van der Waals surface area contributed by atoms with Crippen molar-refractivity contribution in [3.63, 3.8) is 0 Å². The molecule has 0 aliphatic heterocycles. The number of hydrogen-bond donors (Lipinski definition) is 1. The molecule has 0 aliphatic carbocycles. The lowest BCUT2D eigenvalue weighted by Crippen LogP contribution is -2.05. The normalized spacial score (nSPS) is 10.8. The number of fused-ring (bicyclic) bond motifs is 1. The summed E-state index contributed by atoms with van der Waals surface area (Å²) in [6.07, 6.45) is 3.71. The third kappa shape index (κ3) is 2.78. The Morgan fingerprint density at radius 3 is 2.82 bits per heavy atom. The van der Waals surface area contributed by atoms with E-state index in [0.29, 0.717) is 17.0 Å². The predicted molar refractivity (Wildman–Crippen MR) is 85.5 cm³/mol. The van der Waals surface area contributed by atoms with Crippen molar-refractivity contribution in [3.8, 4) is 0 Å². The van der Waals surface area contributed by atoms with Crippen LogP contribution in [0, 0.1) is 6.92 Å². The van der Waals surface area contributed by atoms with Gasteiger partial charge < -0.3 is 5.11 Å². The summed E-state index contributed by atoms with van der Waals surface area (Å²) in [6, 6.07) is 9.28. The average Bonchev–Trinajstić information content (AvgIpc) is 2.48. The van der Waals surface area contributed by atoms with Gasteiger partial charge >= 0.3 is 5.97 Å². The fraction of sp³-hybridized carbons (Fsp3) is 0.118. The van der Waals surface area contributed by atoms with Crippen LogP contribution in [0.4, 0.5) is 0 Å². The highest BCUT2D eigenvalue weighted by atomic mass is 35.5. The third-order valence-electron chi connectivity index (χ3n) is 3.62. The first-order valence-electron chi connectivity index (χ1n) is 6.76. The highest BCUT2D eigenvalue weighted by Crippen LogP contribution is 2.21. The molecule has 0 saturated heterocycles. The Morgan fingerprint density at radius 2 is 2.05 bits per heavy atom. The smallest absolute Gasteiger partial charge is 0.336 e. The molecule has 0 amide bonds. The first-order chi connectivity index (χ1) is 10.5. The van der Waals surface area contributed by atoms with Crippen LogP contribution in [-0.4, -0.2) is 21.0 Å². The summed E-state index contributed by atoms with van der Waals surface area (Å²) < 4.78 is 0. The molecule has 0 saturated carbocycles. The molecule has 4 nitrogen and oxygen atoms in total. The molecule has 1 N–H and O–H groups in total. The van der Waals surface area contributed by atoms with Gasteiger partial charge in [-0.25, -0.2) is 4.79 Å². The van der Waals surface area contributed by atoms with Crippen LogP contribution in [0.15, 0.2) is 42.7 Å². The van der Waals surface area contributed by atoms with Crippen molar-refractivity contribution in [1.29, 1.82) is 0 Å². The summed E-state index contributed by atoms with van der Waals surface area (Å²) >= 11 is 5.97. The van der Waals surface area contributed by atoms with Gasteiger partial charge in [-0.15, -0.1) is 0 Å². The monoisotopic (exact) mass is 312 g/mol. The van der Waals surface area contributed by atoms with E-state index in [1.807, 2.05) is 24.3 Å². The zero-order valence-corrected chi connectivity index (χ0v) is 12.6. The van der Waals surface area contributed by atoms with E-state index in [2.05, 4.69) is 9.97 Å². The molecule has 110 valence electrons. The SMILES string of the molecule is Cc1c(C(=O)O)ccnc1Cc1ccc2ncc(Cl)cc2c1. The summed E-state index contributed by atoms with van der Waals surface area (Å²) in [5.41, 5.74) is 3.65. The van der Waals surface area contributed by atoms with Crippen LogP contribution in [0.25, 0.3) is 10.9 Å². The minimum atomic E-state index is -0.935. The lowest BCUT2D eigenvalue weighted by Gasteiger charge is -2.08. The highest BCUT2D eigenvalue weighted by Gasteiger charge is 2.11. The Hall–Kier alpha value is -2.46. The van der Waals surface area contributed by atoms with E-state index in [4.69, 9.17) is 11.6 Å². The van der Waals surface area contributed by atoms with Crippen LogP contribution in [0.2, 0.25) is 5.02 Å². The summed E-state index contributed by atoms with van der Waals surface area (Å²) in [5.74, 6) is -0.935. The minimum absolute atomic E-state index is 0.288. The second-order valence-corrected chi connectivity index (χ2v) is 5.53. The van der Waals surface area contributed by atoms with Crippen molar-refractivity contribution < 1.29 is 9.90 Å². The van der Waals surface area contributed by atoms with Gasteiger partial charge in [-0.3, -0.25) is 9.97 Å². The number of carboxylic acids is 1. The number of hydrogen-bond acceptors (Lipinski definition) is 3. The summed E-state index contributed by atoms with van der Waals surface area (Å²) in [5, 5.41) is 10.7. The topological polar surface area (TPSA) is 63.1 Å². The van der Waals surface area contributed by atoms with Crippen molar-refractivity contribution in [2.24, 2.45) is 0 Å². The quantitative estimate of drug-likeness (QED) is 0.797. The Balaban J connectivity index is 2.00. The summed E-state index contributed by atoms with van der Waals surface area (Å²) in [6.45, 7) is 1.78. The third-order valence-corrected chi connectivity index (χ3v) is 3.83. The standard InChI is InChI=1S/C17H13ClN2O2/c1-10-14(17(21)22)4-5-19-16(10)7-11-2-3-15-12(6-11)8-13(18)9-20-15/h2-6,8-9H,7H2,1H3,(H,21,22). The molecule has 2 heterocycles. The maximum Gasteiger partial charge on any atom is 0.336 e. The molecule has 3 aromatic rings. The van der Waals surface area contributed by atoms with Gasteiger partial charge in [0.1, 0.15) is 0 Å². The lowest BCUT2D eigenvalue weighted by atomic mass is 10.0. The van der Waals surface area contributed by atoms with Crippen molar-refractivity contribution >= 4 is 28.5 Å². The van der Waals surface area contributed by atoms with Gasteiger partial charge in [-0.2, -0.15) is 0 Å². The zero-order chi connectivity index (χ0) is 15.7. The van der Waals surface area contributed by atoms with Crippen LogP contribution < -0.4 is 0 Å². The van der Waals surface area contributed by atoms with Gasteiger partial charge in [-0.05, 0) is 42.3 Å². The van der Waals surface area contributed by atoms with E-state index in [0.717, 1.165) is 22.2 Å². The summed E-state index contributed by atoms with van der Waals surface area (Å²) in [7, 11) is 0. The number of halogens is 1. The Kier molecular flexibility index (Phi) is 3.77. The van der Waals surface area contributed by atoms with Gasteiger partial charge in [0.2, 0.25) is 0 Å². The fourth-order valence-corrected chi connectivity index (χ4v) is 2.61. The lowest BCUT2D eigenvalue weighted by molar-refractivity contribution is 0.0696. The number of aromatic nitrogens is 2. The van der Waals surface area contributed by atoms with Crippen LogP contribution in [0.5, 0.6) is 0 Å². The Morgan fingerprint density at radius 1 is 1.23 bits per heavy atom. The zero-order valence-electron chi connectivity index (χ0n) is 11.9. The van der Waals surface area contributed by atoms with Crippen molar-refractivity contribution in [2.75, 3.05) is 0 Å². The van der Waals surface area contributed by atoms with Crippen LogP contribution in [-0.2, 0) is 6.42 Å². The number of rotatable bonds is 3. The molecule has 22 heavy (non-hydrogen) atoms. The van der Waals surface area contributed by atoms with E-state index in [1.54, 1.807) is 13.1 Å². The summed E-state index contributed by atoms with van der Waals surface area (Å²) in [4.78, 5) is 19.8. The van der Waals surface area contributed by atoms with Crippen LogP contribution in [0.1, 0.15) is 27.2 Å². The molecule has 0 radical (unpaired) electrons. The average molecular weight is 313 g/mol. The van der Waals surface area contributed by atoms with Crippen LogP contribution in [0.3, 0.4) is 0 Å². The first kappa shape index (κ1) is 14.5. The Labute approximate surface area is 132 Å². The number of carbonyl (C=O) groups is 1. The number of pyridine rings is 2. The second kappa shape index (κ2) is 5.73. The number of benzene rings is 1. The van der Waals surface area contributed by atoms with E-state index >= 15 is 0 Å². The molecule has 3 rings (SSSR count). The Bertz CT molecular complexity index is 878. The number of nitrogens with zero attached hydrogens (tertiary/aromatic N) is 2. The molecule has 0 aliphatic rings. The number of aromatic carboxylic acids is 1. The molecule has 0 bridgehead atoms. The van der Waals surface area contributed by atoms with E-state index in [-0.39, 0.29) is 5.56 Å². The van der Waals surface area contributed by atoms with Gasteiger partial charge in [0.15, 0.2) is 0 Å². The molecule has 0 spiro atoms.